The molecule has 0 saturated heterocycles. The van der Waals surface area contributed by atoms with Crippen LogP contribution in [0.4, 0.5) is 0 Å². The largest absolute Gasteiger partial charge is 0.267 e. The van der Waals surface area contributed by atoms with Crippen LogP contribution in [0.5, 0.6) is 0 Å². The lowest BCUT2D eigenvalue weighted by atomic mass is 10.3. The van der Waals surface area contributed by atoms with Crippen LogP contribution in [0, 0.1) is 0 Å². The third kappa shape index (κ3) is 1.29. The summed E-state index contributed by atoms with van der Waals surface area (Å²) in [5.74, 6) is 0. The molecule has 0 aliphatic heterocycles. The first-order valence-corrected chi connectivity index (χ1v) is 6.01. The Balaban J connectivity index is 2.93. The van der Waals surface area contributed by atoms with Crippen molar-refractivity contribution in [1.29, 1.82) is 0 Å². The molecule has 0 spiro atoms. The molecule has 1 aromatic heterocycles. The van der Waals surface area contributed by atoms with E-state index in [1.807, 2.05) is 12.1 Å². The minimum Gasteiger partial charge on any atom is -0.267 e. The van der Waals surface area contributed by atoms with Gasteiger partial charge in [-0.1, -0.05) is 12.1 Å². The van der Waals surface area contributed by atoms with Crippen molar-refractivity contribution in [3.63, 3.8) is 0 Å². The van der Waals surface area contributed by atoms with Crippen LogP contribution in [-0.4, -0.2) is 24.5 Å². The van der Waals surface area contributed by atoms with Gasteiger partial charge in [0.15, 0.2) is 14.9 Å². The van der Waals surface area contributed by atoms with Crippen molar-refractivity contribution >= 4 is 20.7 Å². The number of hydrogen-bond donors (Lipinski definition) is 0. The Morgan fingerprint density at radius 3 is 2.57 bits per heavy atom. The molecule has 0 unspecified atom stereocenters. The molecule has 14 heavy (non-hydrogen) atoms. The van der Waals surface area contributed by atoms with Crippen molar-refractivity contribution in [2.75, 3.05) is 6.26 Å². The predicted octanol–water partition coefficient (Wildman–Crippen LogP) is 0.977. The van der Waals surface area contributed by atoms with Crippen LogP contribution < -0.4 is 0 Å². The van der Waals surface area contributed by atoms with E-state index < -0.39 is 9.84 Å². The Labute approximate surface area is 82.1 Å². The van der Waals surface area contributed by atoms with Crippen molar-refractivity contribution in [3.8, 4) is 0 Å². The second-order valence-electron chi connectivity index (χ2n) is 3.22. The minimum atomic E-state index is -3.24. The van der Waals surface area contributed by atoms with Gasteiger partial charge in [-0.3, -0.25) is 4.68 Å². The van der Waals surface area contributed by atoms with Gasteiger partial charge < -0.3 is 0 Å². The number of rotatable bonds is 1. The zero-order valence-electron chi connectivity index (χ0n) is 7.93. The van der Waals surface area contributed by atoms with Gasteiger partial charge in [0.05, 0.1) is 5.52 Å². The summed E-state index contributed by atoms with van der Waals surface area (Å²) in [6, 6.07) is 7.27. The van der Waals surface area contributed by atoms with Crippen LogP contribution >= 0.6 is 0 Å². The summed E-state index contributed by atoms with van der Waals surface area (Å²) in [5, 5.41) is 4.82. The molecule has 2 rings (SSSR count). The van der Waals surface area contributed by atoms with Gasteiger partial charge in [0.2, 0.25) is 0 Å². The van der Waals surface area contributed by atoms with E-state index >= 15 is 0 Å². The summed E-state index contributed by atoms with van der Waals surface area (Å²) < 4.78 is 24.3. The molecule has 0 atom stereocenters. The summed E-state index contributed by atoms with van der Waals surface area (Å²) in [7, 11) is -1.51. The standard InChI is InChI=1S/C9H10N2O2S/c1-11-8-6-4-3-5-7(8)9(10-11)14(2,12)13/h3-6H,1-2H3. The molecule has 74 valence electrons. The molecule has 0 saturated carbocycles. The lowest BCUT2D eigenvalue weighted by Gasteiger charge is -1.91. The summed E-state index contributed by atoms with van der Waals surface area (Å²) >= 11 is 0. The monoisotopic (exact) mass is 210 g/mol. The molecule has 4 nitrogen and oxygen atoms in total. The zero-order chi connectivity index (χ0) is 10.3. The molecule has 0 radical (unpaired) electrons. The van der Waals surface area contributed by atoms with E-state index in [0.717, 1.165) is 5.52 Å². The summed E-state index contributed by atoms with van der Waals surface area (Å²) in [5.41, 5.74) is 0.827. The topological polar surface area (TPSA) is 52.0 Å². The van der Waals surface area contributed by atoms with Crippen LogP contribution in [0.1, 0.15) is 0 Å². The van der Waals surface area contributed by atoms with Crippen molar-refractivity contribution in [3.05, 3.63) is 24.3 Å². The van der Waals surface area contributed by atoms with Gasteiger partial charge in [-0.25, -0.2) is 8.42 Å². The number of para-hydroxylation sites is 1. The van der Waals surface area contributed by atoms with E-state index in [2.05, 4.69) is 5.10 Å². The third-order valence-electron chi connectivity index (χ3n) is 2.08. The molecule has 1 aromatic carbocycles. The van der Waals surface area contributed by atoms with E-state index in [1.54, 1.807) is 23.9 Å². The van der Waals surface area contributed by atoms with Crippen LogP contribution in [0.2, 0.25) is 0 Å². The quantitative estimate of drug-likeness (QED) is 0.705. The number of sulfone groups is 1. The molecular formula is C9H10N2O2S. The predicted molar refractivity (Wildman–Crippen MR) is 53.8 cm³/mol. The van der Waals surface area contributed by atoms with E-state index in [4.69, 9.17) is 0 Å². The molecule has 0 fully saturated rings. The number of hydrogen-bond acceptors (Lipinski definition) is 3. The van der Waals surface area contributed by atoms with Crippen LogP contribution in [0.15, 0.2) is 29.3 Å². The highest BCUT2D eigenvalue weighted by molar-refractivity contribution is 7.90. The lowest BCUT2D eigenvalue weighted by molar-refractivity contribution is 0.595. The Morgan fingerprint density at radius 2 is 1.93 bits per heavy atom. The maximum atomic E-state index is 11.4. The highest BCUT2D eigenvalue weighted by atomic mass is 32.2. The fourth-order valence-corrected chi connectivity index (χ4v) is 2.30. The third-order valence-corrected chi connectivity index (χ3v) is 3.08. The van der Waals surface area contributed by atoms with Gasteiger partial charge in [-0.2, -0.15) is 5.10 Å². The lowest BCUT2D eigenvalue weighted by Crippen LogP contribution is -1.99. The van der Waals surface area contributed by atoms with Gasteiger partial charge in [0, 0.05) is 18.7 Å². The Morgan fingerprint density at radius 1 is 1.29 bits per heavy atom. The number of aromatic nitrogens is 2. The van der Waals surface area contributed by atoms with Gasteiger partial charge >= 0.3 is 0 Å². The second-order valence-corrected chi connectivity index (χ2v) is 5.15. The Hall–Kier alpha value is -1.36. The van der Waals surface area contributed by atoms with Gasteiger partial charge in [-0.15, -0.1) is 0 Å². The van der Waals surface area contributed by atoms with Gasteiger partial charge in [-0.05, 0) is 12.1 Å². The smallest absolute Gasteiger partial charge is 0.195 e. The minimum absolute atomic E-state index is 0.149. The van der Waals surface area contributed by atoms with E-state index in [1.165, 1.54) is 6.26 Å². The number of aryl methyl sites for hydroxylation is 1. The highest BCUT2D eigenvalue weighted by Gasteiger charge is 2.16. The Kier molecular flexibility index (Phi) is 1.85. The molecule has 0 N–H and O–H groups in total. The SMILES string of the molecule is Cn1nc(S(C)(=O)=O)c2ccccc21. The molecule has 1 heterocycles. The van der Waals surface area contributed by atoms with Crippen molar-refractivity contribution in [2.45, 2.75) is 5.03 Å². The summed E-state index contributed by atoms with van der Waals surface area (Å²) in [4.78, 5) is 0. The van der Waals surface area contributed by atoms with Crippen LogP contribution in [-0.2, 0) is 16.9 Å². The Bertz CT molecular complexity index is 584. The molecule has 2 aromatic rings. The van der Waals surface area contributed by atoms with Gasteiger partial charge in [0.25, 0.3) is 0 Å². The average molecular weight is 210 g/mol. The van der Waals surface area contributed by atoms with E-state index in [-0.39, 0.29) is 5.03 Å². The fraction of sp³-hybridized carbons (Fsp3) is 0.222. The zero-order valence-corrected chi connectivity index (χ0v) is 8.75. The normalized spacial score (nSPS) is 12.1. The van der Waals surface area contributed by atoms with Crippen molar-refractivity contribution < 1.29 is 8.42 Å². The fourth-order valence-electron chi connectivity index (χ4n) is 1.45. The first kappa shape index (κ1) is 9.21. The molecule has 0 amide bonds. The summed E-state index contributed by atoms with van der Waals surface area (Å²) in [6.45, 7) is 0. The molecule has 0 aliphatic carbocycles. The molecule has 0 aliphatic rings. The number of benzene rings is 1. The maximum absolute atomic E-state index is 11.4. The number of fused-ring (bicyclic) bond motifs is 1. The molecule has 5 heteroatoms. The van der Waals surface area contributed by atoms with Crippen LogP contribution in [0.25, 0.3) is 10.9 Å². The first-order valence-electron chi connectivity index (χ1n) is 4.12. The van der Waals surface area contributed by atoms with Crippen molar-refractivity contribution in [2.24, 2.45) is 7.05 Å². The molecule has 0 bridgehead atoms. The first-order chi connectivity index (χ1) is 6.50. The maximum Gasteiger partial charge on any atom is 0.195 e. The average Bonchev–Trinajstić information content (AvgIpc) is 2.44. The van der Waals surface area contributed by atoms with E-state index in [0.29, 0.717) is 5.39 Å². The highest BCUT2D eigenvalue weighted by Crippen LogP contribution is 2.20. The van der Waals surface area contributed by atoms with Crippen molar-refractivity contribution in [1.82, 2.24) is 9.78 Å². The number of nitrogens with zero attached hydrogens (tertiary/aromatic N) is 2. The van der Waals surface area contributed by atoms with Gasteiger partial charge in [0.1, 0.15) is 0 Å². The van der Waals surface area contributed by atoms with E-state index in [9.17, 15) is 8.42 Å². The van der Waals surface area contributed by atoms with Crippen LogP contribution in [0.3, 0.4) is 0 Å². The molecular weight excluding hydrogens is 200 g/mol. The second kappa shape index (κ2) is 2.81. The summed E-state index contributed by atoms with van der Waals surface area (Å²) in [6.07, 6.45) is 1.17.